The Kier molecular flexibility index (Phi) is 5.72. The Morgan fingerprint density at radius 2 is 1.90 bits per heavy atom. The van der Waals surface area contributed by atoms with E-state index in [1.54, 1.807) is 31.3 Å². The molecule has 0 bridgehead atoms. The zero-order chi connectivity index (χ0) is 22.2. The Morgan fingerprint density at radius 1 is 1.16 bits per heavy atom. The van der Waals surface area contributed by atoms with Crippen molar-refractivity contribution in [2.75, 3.05) is 15.7 Å². The maximum Gasteiger partial charge on any atom is 0.283 e. The number of nitrogens with zero attached hydrogens (tertiary/aromatic N) is 4. The summed E-state index contributed by atoms with van der Waals surface area (Å²) in [7, 11) is -2.44. The van der Waals surface area contributed by atoms with Gasteiger partial charge in [0.2, 0.25) is 5.91 Å². The number of aromatic nitrogens is 2. The van der Waals surface area contributed by atoms with Gasteiger partial charge in [0.1, 0.15) is 5.82 Å². The van der Waals surface area contributed by atoms with Gasteiger partial charge in [0.05, 0.1) is 17.9 Å². The minimum Gasteiger partial charge on any atom is -0.310 e. The molecule has 2 aromatic carbocycles. The predicted octanol–water partition coefficient (Wildman–Crippen LogP) is 3.73. The molecular formula is C21H20ClFN4O3S. The molecule has 1 amide bonds. The lowest BCUT2D eigenvalue weighted by Crippen LogP contribution is -2.32. The number of hydrogen-bond acceptors (Lipinski definition) is 4. The largest absolute Gasteiger partial charge is 0.310 e. The van der Waals surface area contributed by atoms with Crippen molar-refractivity contribution in [1.82, 2.24) is 9.78 Å². The van der Waals surface area contributed by atoms with E-state index in [0.717, 1.165) is 4.31 Å². The Bertz CT molecular complexity index is 1230. The number of amides is 1. The number of hydrogen-bond donors (Lipinski definition) is 0. The number of carbonyl (C=O) groups excluding carboxylic acids is 1. The first-order chi connectivity index (χ1) is 14.8. The number of sulfonamides is 1. The second-order valence-corrected chi connectivity index (χ2v) is 9.50. The van der Waals surface area contributed by atoms with Crippen LogP contribution in [0.1, 0.15) is 18.4 Å². The van der Waals surface area contributed by atoms with Crippen LogP contribution in [0.3, 0.4) is 0 Å². The Morgan fingerprint density at radius 3 is 2.52 bits per heavy atom. The van der Waals surface area contributed by atoms with E-state index in [1.165, 1.54) is 40.0 Å². The summed E-state index contributed by atoms with van der Waals surface area (Å²) >= 11 is 5.95. The Balaban J connectivity index is 1.80. The van der Waals surface area contributed by atoms with Gasteiger partial charge in [0.15, 0.2) is 5.03 Å². The predicted molar refractivity (Wildman–Crippen MR) is 116 cm³/mol. The Labute approximate surface area is 184 Å². The third kappa shape index (κ3) is 4.28. The highest BCUT2D eigenvalue weighted by atomic mass is 35.5. The summed E-state index contributed by atoms with van der Waals surface area (Å²) in [5.41, 5.74) is 0.987. The van der Waals surface area contributed by atoms with Crippen molar-refractivity contribution in [3.05, 3.63) is 71.1 Å². The molecule has 1 fully saturated rings. The molecule has 1 aliphatic heterocycles. The van der Waals surface area contributed by atoms with Crippen LogP contribution in [0.25, 0.3) is 0 Å². The number of aryl methyl sites for hydroxylation is 1. The molecule has 0 aliphatic carbocycles. The molecule has 1 aromatic heterocycles. The first-order valence-corrected chi connectivity index (χ1v) is 11.4. The van der Waals surface area contributed by atoms with E-state index in [-0.39, 0.29) is 28.9 Å². The second kappa shape index (κ2) is 8.32. The quantitative estimate of drug-likeness (QED) is 0.559. The maximum absolute atomic E-state index is 14.6. The Hall–Kier alpha value is -2.91. The lowest BCUT2D eigenvalue weighted by molar-refractivity contribution is -0.117. The summed E-state index contributed by atoms with van der Waals surface area (Å²) in [4.78, 5) is 13.5. The molecule has 1 saturated heterocycles. The monoisotopic (exact) mass is 462 g/mol. The number of carbonyl (C=O) groups is 1. The smallest absolute Gasteiger partial charge is 0.283 e. The van der Waals surface area contributed by atoms with Crippen LogP contribution < -0.4 is 9.21 Å². The highest BCUT2D eigenvalue weighted by molar-refractivity contribution is 7.92. The number of rotatable bonds is 6. The van der Waals surface area contributed by atoms with Crippen molar-refractivity contribution in [3.8, 4) is 0 Å². The molecule has 3 aromatic rings. The number of halogens is 2. The molecule has 0 spiro atoms. The van der Waals surface area contributed by atoms with Crippen LogP contribution in [0, 0.1) is 5.82 Å². The van der Waals surface area contributed by atoms with Crippen LogP contribution in [0.15, 0.2) is 59.8 Å². The summed E-state index contributed by atoms with van der Waals surface area (Å²) in [5, 5.41) is 4.44. The van der Waals surface area contributed by atoms with Crippen LogP contribution in [-0.4, -0.2) is 30.7 Å². The van der Waals surface area contributed by atoms with Crippen molar-refractivity contribution in [2.24, 2.45) is 7.05 Å². The number of benzene rings is 2. The fourth-order valence-electron chi connectivity index (χ4n) is 3.48. The topological polar surface area (TPSA) is 75.5 Å². The first-order valence-electron chi connectivity index (χ1n) is 9.62. The lowest BCUT2D eigenvalue weighted by atomic mass is 10.2. The van der Waals surface area contributed by atoms with E-state index < -0.39 is 15.8 Å². The van der Waals surface area contributed by atoms with Crippen LogP contribution in [0.2, 0.25) is 5.02 Å². The molecule has 0 saturated carbocycles. The fraction of sp³-hybridized carbons (Fsp3) is 0.238. The first kappa shape index (κ1) is 21.3. The summed E-state index contributed by atoms with van der Waals surface area (Å²) in [6, 6.07) is 12.1. The number of anilines is 2. The van der Waals surface area contributed by atoms with Gasteiger partial charge in [-0.15, -0.1) is 0 Å². The second-order valence-electron chi connectivity index (χ2n) is 7.25. The average molecular weight is 463 g/mol. The molecule has 31 heavy (non-hydrogen) atoms. The van der Waals surface area contributed by atoms with Gasteiger partial charge in [-0.05, 0) is 48.4 Å². The molecule has 0 radical (unpaired) electrons. The molecule has 10 heteroatoms. The zero-order valence-corrected chi connectivity index (χ0v) is 18.3. The van der Waals surface area contributed by atoms with Crippen LogP contribution in [-0.2, 0) is 28.4 Å². The SMILES string of the molecule is Cn1ccc(S(=O)(=O)N(Cc2ccc(Cl)cc2)c2ccc(F)c(N3CCCC3=O)c2)n1. The molecule has 0 atom stereocenters. The standard InChI is InChI=1S/C21H20ClFN4O3S/c1-25-12-10-20(24-25)31(29,30)27(14-15-4-6-16(22)7-5-15)17-8-9-18(23)19(13-17)26-11-2-3-21(26)28/h4-10,12-13H,2-3,11,14H2,1H3. The molecule has 2 heterocycles. The minimum absolute atomic E-state index is 0.0188. The van der Waals surface area contributed by atoms with Crippen molar-refractivity contribution in [2.45, 2.75) is 24.4 Å². The molecule has 7 nitrogen and oxygen atoms in total. The fourth-order valence-corrected chi connectivity index (χ4v) is 5.01. The average Bonchev–Trinajstić information content (AvgIpc) is 3.37. The third-order valence-electron chi connectivity index (χ3n) is 5.06. The minimum atomic E-state index is -4.07. The van der Waals surface area contributed by atoms with E-state index >= 15 is 0 Å². The molecular weight excluding hydrogens is 443 g/mol. The highest BCUT2D eigenvalue weighted by Crippen LogP contribution is 2.32. The van der Waals surface area contributed by atoms with Gasteiger partial charge in [0.25, 0.3) is 10.0 Å². The summed E-state index contributed by atoms with van der Waals surface area (Å²) in [5.74, 6) is -0.770. The van der Waals surface area contributed by atoms with Gasteiger partial charge in [0, 0.05) is 31.2 Å². The lowest BCUT2D eigenvalue weighted by Gasteiger charge is -2.25. The summed E-state index contributed by atoms with van der Waals surface area (Å²) in [6.07, 6.45) is 2.50. The molecule has 0 unspecified atom stereocenters. The van der Waals surface area contributed by atoms with Crippen molar-refractivity contribution < 1.29 is 17.6 Å². The van der Waals surface area contributed by atoms with Crippen molar-refractivity contribution >= 4 is 38.9 Å². The van der Waals surface area contributed by atoms with Gasteiger partial charge < -0.3 is 4.90 Å². The zero-order valence-electron chi connectivity index (χ0n) is 16.7. The van der Waals surface area contributed by atoms with Gasteiger partial charge in [-0.3, -0.25) is 13.8 Å². The van der Waals surface area contributed by atoms with E-state index in [4.69, 9.17) is 11.6 Å². The molecule has 162 valence electrons. The molecule has 1 aliphatic rings. The third-order valence-corrected chi connectivity index (χ3v) is 6.98. The van der Waals surface area contributed by atoms with E-state index in [9.17, 15) is 17.6 Å². The van der Waals surface area contributed by atoms with Gasteiger partial charge in [-0.25, -0.2) is 4.39 Å². The maximum atomic E-state index is 14.6. The van der Waals surface area contributed by atoms with Gasteiger partial charge in [-0.2, -0.15) is 13.5 Å². The van der Waals surface area contributed by atoms with E-state index in [2.05, 4.69) is 5.10 Å². The van der Waals surface area contributed by atoms with E-state index in [1.807, 2.05) is 0 Å². The molecule has 4 rings (SSSR count). The van der Waals surface area contributed by atoms with Gasteiger partial charge >= 0.3 is 0 Å². The summed E-state index contributed by atoms with van der Waals surface area (Å²) < 4.78 is 44.0. The summed E-state index contributed by atoms with van der Waals surface area (Å²) in [6.45, 7) is 0.373. The molecule has 0 N–H and O–H groups in total. The highest BCUT2D eigenvalue weighted by Gasteiger charge is 2.30. The normalized spacial score (nSPS) is 14.3. The van der Waals surface area contributed by atoms with Crippen molar-refractivity contribution in [3.63, 3.8) is 0 Å². The van der Waals surface area contributed by atoms with Crippen LogP contribution >= 0.6 is 11.6 Å². The van der Waals surface area contributed by atoms with E-state index in [0.29, 0.717) is 30.0 Å². The van der Waals surface area contributed by atoms with Crippen LogP contribution in [0.4, 0.5) is 15.8 Å². The van der Waals surface area contributed by atoms with Gasteiger partial charge in [-0.1, -0.05) is 23.7 Å². The van der Waals surface area contributed by atoms with Crippen molar-refractivity contribution in [1.29, 1.82) is 0 Å². The van der Waals surface area contributed by atoms with Crippen LogP contribution in [0.5, 0.6) is 0 Å².